The molecule has 0 aromatic rings. The Morgan fingerprint density at radius 3 is 2.32 bits per heavy atom. The van der Waals surface area contributed by atoms with Crippen molar-refractivity contribution in [2.45, 2.75) is 84.2 Å². The summed E-state index contributed by atoms with van der Waals surface area (Å²) in [4.78, 5) is 14.4. The lowest BCUT2D eigenvalue weighted by Gasteiger charge is -2.26. The summed E-state index contributed by atoms with van der Waals surface area (Å²) in [6, 6.07) is 0.409. The van der Waals surface area contributed by atoms with Gasteiger partial charge in [0.1, 0.15) is 0 Å². The Morgan fingerprint density at radius 1 is 1.11 bits per heavy atom. The first-order chi connectivity index (χ1) is 9.15. The van der Waals surface area contributed by atoms with Gasteiger partial charge in [-0.3, -0.25) is 4.79 Å². The third-order valence-corrected chi connectivity index (χ3v) is 4.06. The molecule has 0 radical (unpaired) electrons. The highest BCUT2D eigenvalue weighted by Gasteiger charge is 2.22. The van der Waals surface area contributed by atoms with Crippen molar-refractivity contribution in [1.29, 1.82) is 0 Å². The van der Waals surface area contributed by atoms with Crippen LogP contribution in [0.4, 0.5) is 0 Å². The van der Waals surface area contributed by atoms with Gasteiger partial charge in [-0.1, -0.05) is 39.0 Å². The summed E-state index contributed by atoms with van der Waals surface area (Å²) in [7, 11) is 0. The number of rotatable bonds is 7. The minimum Gasteiger partial charge on any atom is -0.341 e. The van der Waals surface area contributed by atoms with Crippen LogP contribution >= 0.6 is 0 Å². The zero-order valence-electron chi connectivity index (χ0n) is 13.1. The summed E-state index contributed by atoms with van der Waals surface area (Å²) in [5, 5.41) is 3.47. The Balaban J connectivity index is 2.30. The summed E-state index contributed by atoms with van der Waals surface area (Å²) >= 11 is 0. The molecule has 3 nitrogen and oxygen atoms in total. The van der Waals surface area contributed by atoms with Crippen molar-refractivity contribution in [3.63, 3.8) is 0 Å². The van der Waals surface area contributed by atoms with E-state index in [1.54, 1.807) is 0 Å². The number of amides is 1. The van der Waals surface area contributed by atoms with E-state index in [-0.39, 0.29) is 6.04 Å². The second-order valence-corrected chi connectivity index (χ2v) is 6.02. The average Bonchev–Trinajstić information content (AvgIpc) is 2.66. The SMILES string of the molecule is CCCCCC(C)NC(C)C(=O)N1CCCCCC1. The summed E-state index contributed by atoms with van der Waals surface area (Å²) in [6.45, 7) is 8.35. The Hall–Kier alpha value is -0.570. The van der Waals surface area contributed by atoms with E-state index in [1.807, 2.05) is 6.92 Å². The van der Waals surface area contributed by atoms with E-state index in [2.05, 4.69) is 24.1 Å². The van der Waals surface area contributed by atoms with E-state index in [4.69, 9.17) is 0 Å². The highest BCUT2D eigenvalue weighted by atomic mass is 16.2. The van der Waals surface area contributed by atoms with Gasteiger partial charge in [-0.25, -0.2) is 0 Å². The zero-order valence-corrected chi connectivity index (χ0v) is 13.1. The predicted molar refractivity (Wildman–Crippen MR) is 81.2 cm³/mol. The Kier molecular flexibility index (Phi) is 8.11. The summed E-state index contributed by atoms with van der Waals surface area (Å²) in [5.41, 5.74) is 0. The molecule has 0 bridgehead atoms. The van der Waals surface area contributed by atoms with Gasteiger partial charge in [-0.05, 0) is 33.1 Å². The van der Waals surface area contributed by atoms with E-state index in [0.717, 1.165) is 13.1 Å². The molecular formula is C16H32N2O. The molecule has 1 fully saturated rings. The molecule has 1 heterocycles. The van der Waals surface area contributed by atoms with Crippen LogP contribution in [-0.2, 0) is 4.79 Å². The molecule has 0 aliphatic carbocycles. The molecule has 112 valence electrons. The molecule has 3 heteroatoms. The molecule has 1 rings (SSSR count). The fourth-order valence-corrected chi connectivity index (χ4v) is 2.85. The molecule has 0 saturated carbocycles. The number of hydrogen-bond acceptors (Lipinski definition) is 2. The molecule has 2 atom stereocenters. The van der Waals surface area contributed by atoms with Gasteiger partial charge in [0.15, 0.2) is 0 Å². The van der Waals surface area contributed by atoms with Gasteiger partial charge in [0.2, 0.25) is 5.91 Å². The van der Waals surface area contributed by atoms with E-state index in [1.165, 1.54) is 51.4 Å². The van der Waals surface area contributed by atoms with Gasteiger partial charge in [0.25, 0.3) is 0 Å². The maximum atomic E-state index is 12.4. The molecule has 1 aliphatic heterocycles. The number of hydrogen-bond donors (Lipinski definition) is 1. The maximum absolute atomic E-state index is 12.4. The molecule has 1 saturated heterocycles. The lowest BCUT2D eigenvalue weighted by Crippen LogP contribution is -2.47. The van der Waals surface area contributed by atoms with Gasteiger partial charge >= 0.3 is 0 Å². The van der Waals surface area contributed by atoms with Crippen LogP contribution in [0.15, 0.2) is 0 Å². The lowest BCUT2D eigenvalue weighted by atomic mass is 10.1. The number of unbranched alkanes of at least 4 members (excludes halogenated alkanes) is 2. The first-order valence-corrected chi connectivity index (χ1v) is 8.20. The van der Waals surface area contributed by atoms with Crippen molar-refractivity contribution in [2.24, 2.45) is 0 Å². The van der Waals surface area contributed by atoms with Gasteiger partial charge in [-0.15, -0.1) is 0 Å². The molecular weight excluding hydrogens is 236 g/mol. The number of nitrogens with zero attached hydrogens (tertiary/aromatic N) is 1. The third kappa shape index (κ3) is 6.42. The fraction of sp³-hybridized carbons (Fsp3) is 0.938. The summed E-state index contributed by atoms with van der Waals surface area (Å²) < 4.78 is 0. The van der Waals surface area contributed by atoms with E-state index < -0.39 is 0 Å². The van der Waals surface area contributed by atoms with Crippen LogP contribution in [0.25, 0.3) is 0 Å². The van der Waals surface area contributed by atoms with Crippen molar-refractivity contribution in [3.8, 4) is 0 Å². The molecule has 1 amide bonds. The highest BCUT2D eigenvalue weighted by Crippen LogP contribution is 2.11. The van der Waals surface area contributed by atoms with Gasteiger partial charge < -0.3 is 10.2 Å². The van der Waals surface area contributed by atoms with E-state index >= 15 is 0 Å². The number of carbonyl (C=O) groups excluding carboxylic acids is 1. The summed E-state index contributed by atoms with van der Waals surface area (Å²) in [6.07, 6.45) is 9.88. The second kappa shape index (κ2) is 9.35. The van der Waals surface area contributed by atoms with Gasteiger partial charge in [-0.2, -0.15) is 0 Å². The predicted octanol–water partition coefficient (Wildman–Crippen LogP) is 3.34. The average molecular weight is 268 g/mol. The number of carbonyl (C=O) groups is 1. The molecule has 2 unspecified atom stereocenters. The minimum absolute atomic E-state index is 0.0327. The van der Waals surface area contributed by atoms with Gasteiger partial charge in [0, 0.05) is 19.1 Å². The monoisotopic (exact) mass is 268 g/mol. The Labute approximate surface area is 119 Å². The molecule has 19 heavy (non-hydrogen) atoms. The van der Waals surface area contributed by atoms with Crippen molar-refractivity contribution in [1.82, 2.24) is 10.2 Å². The first-order valence-electron chi connectivity index (χ1n) is 8.20. The van der Waals surface area contributed by atoms with E-state index in [0.29, 0.717) is 11.9 Å². The first kappa shape index (κ1) is 16.5. The van der Waals surface area contributed by atoms with Gasteiger partial charge in [0.05, 0.1) is 6.04 Å². The zero-order chi connectivity index (χ0) is 14.1. The molecule has 1 N–H and O–H groups in total. The summed E-state index contributed by atoms with van der Waals surface area (Å²) in [5.74, 6) is 0.296. The molecule has 1 aliphatic rings. The smallest absolute Gasteiger partial charge is 0.239 e. The molecule has 0 spiro atoms. The lowest BCUT2D eigenvalue weighted by molar-refractivity contribution is -0.133. The van der Waals surface area contributed by atoms with Crippen LogP contribution < -0.4 is 5.32 Å². The normalized spacial score (nSPS) is 19.8. The van der Waals surface area contributed by atoms with Crippen molar-refractivity contribution in [2.75, 3.05) is 13.1 Å². The fourth-order valence-electron chi connectivity index (χ4n) is 2.85. The Bertz CT molecular complexity index is 247. The third-order valence-electron chi connectivity index (χ3n) is 4.06. The van der Waals surface area contributed by atoms with Crippen LogP contribution in [0.2, 0.25) is 0 Å². The standard InChI is InChI=1S/C16H32N2O/c1-4-5-8-11-14(2)17-15(3)16(19)18-12-9-6-7-10-13-18/h14-15,17H,4-13H2,1-3H3. The minimum atomic E-state index is -0.0327. The van der Waals surface area contributed by atoms with Crippen molar-refractivity contribution in [3.05, 3.63) is 0 Å². The molecule has 0 aromatic carbocycles. The number of nitrogens with one attached hydrogen (secondary N) is 1. The van der Waals surface area contributed by atoms with Crippen LogP contribution in [0.5, 0.6) is 0 Å². The van der Waals surface area contributed by atoms with Crippen LogP contribution in [-0.4, -0.2) is 36.0 Å². The highest BCUT2D eigenvalue weighted by molar-refractivity contribution is 5.81. The van der Waals surface area contributed by atoms with Crippen LogP contribution in [0.1, 0.15) is 72.1 Å². The van der Waals surface area contributed by atoms with Crippen molar-refractivity contribution < 1.29 is 4.79 Å². The van der Waals surface area contributed by atoms with Crippen molar-refractivity contribution >= 4 is 5.91 Å². The molecule has 0 aromatic heterocycles. The van der Waals surface area contributed by atoms with Crippen LogP contribution in [0, 0.1) is 0 Å². The quantitative estimate of drug-likeness (QED) is 0.718. The topological polar surface area (TPSA) is 32.3 Å². The number of likely N-dealkylation sites (tertiary alicyclic amines) is 1. The maximum Gasteiger partial charge on any atom is 0.239 e. The largest absolute Gasteiger partial charge is 0.341 e. The second-order valence-electron chi connectivity index (χ2n) is 6.02. The van der Waals surface area contributed by atoms with E-state index in [9.17, 15) is 4.79 Å². The Morgan fingerprint density at radius 2 is 1.74 bits per heavy atom. The van der Waals surface area contributed by atoms with Crippen LogP contribution in [0.3, 0.4) is 0 Å².